The highest BCUT2D eigenvalue weighted by atomic mass is 16.1. The summed E-state index contributed by atoms with van der Waals surface area (Å²) in [5, 5.41) is 0. The molecule has 0 amide bonds. The van der Waals surface area contributed by atoms with E-state index in [-0.39, 0.29) is 17.5 Å². The summed E-state index contributed by atoms with van der Waals surface area (Å²) in [4.78, 5) is 23.2. The lowest BCUT2D eigenvalue weighted by molar-refractivity contribution is -0.127. The van der Waals surface area contributed by atoms with Gasteiger partial charge in [-0.2, -0.15) is 0 Å². The standard InChI is InChI=1S/C12H16O2/c1-8-4-11(13)6-9-2-3-10(5-9)7-12(8)14/h2-3,8-10H,4-7H2,1H3/t8-,9+,10-/m1/s1. The molecule has 2 nitrogen and oxygen atoms in total. The minimum atomic E-state index is -0.0600. The Morgan fingerprint density at radius 2 is 1.71 bits per heavy atom. The number of carbonyl (C=O) groups excluding carboxylic acids is 2. The van der Waals surface area contributed by atoms with Gasteiger partial charge in [0.05, 0.1) is 0 Å². The number of carbonyl (C=O) groups is 2. The lowest BCUT2D eigenvalue weighted by atomic mass is 9.93. The van der Waals surface area contributed by atoms with Crippen molar-refractivity contribution in [1.82, 2.24) is 0 Å². The number of hydrogen-bond donors (Lipinski definition) is 0. The van der Waals surface area contributed by atoms with E-state index in [1.807, 2.05) is 6.92 Å². The topological polar surface area (TPSA) is 34.1 Å². The summed E-state index contributed by atoms with van der Waals surface area (Å²) in [5.41, 5.74) is 0. The Morgan fingerprint density at radius 1 is 1.07 bits per heavy atom. The average Bonchev–Trinajstić information content (AvgIpc) is 2.51. The Balaban J connectivity index is 2.15. The molecule has 2 bridgehead atoms. The summed E-state index contributed by atoms with van der Waals surface area (Å²) in [5.74, 6) is 1.26. The fraction of sp³-hybridized carbons (Fsp3) is 0.667. The van der Waals surface area contributed by atoms with Crippen LogP contribution in [0.4, 0.5) is 0 Å². The van der Waals surface area contributed by atoms with E-state index in [0.717, 1.165) is 6.42 Å². The molecule has 3 atom stereocenters. The van der Waals surface area contributed by atoms with Crippen LogP contribution in [0.5, 0.6) is 0 Å². The highest BCUT2D eigenvalue weighted by Crippen LogP contribution is 2.32. The van der Waals surface area contributed by atoms with Crippen LogP contribution in [0, 0.1) is 17.8 Å². The van der Waals surface area contributed by atoms with E-state index in [1.54, 1.807) is 0 Å². The Morgan fingerprint density at radius 3 is 2.43 bits per heavy atom. The third-order valence-corrected chi connectivity index (χ3v) is 3.30. The maximum atomic E-state index is 11.7. The van der Waals surface area contributed by atoms with Crippen LogP contribution in [0.3, 0.4) is 0 Å². The Labute approximate surface area is 84.4 Å². The lowest BCUT2D eigenvalue weighted by Crippen LogP contribution is -2.16. The van der Waals surface area contributed by atoms with Crippen LogP contribution in [-0.2, 0) is 9.59 Å². The molecule has 0 spiro atoms. The predicted octanol–water partition coefficient (Wildman–Crippen LogP) is 2.14. The average molecular weight is 192 g/mol. The monoisotopic (exact) mass is 192 g/mol. The van der Waals surface area contributed by atoms with E-state index < -0.39 is 0 Å². The smallest absolute Gasteiger partial charge is 0.136 e. The van der Waals surface area contributed by atoms with Crippen LogP contribution < -0.4 is 0 Å². The van der Waals surface area contributed by atoms with E-state index in [4.69, 9.17) is 0 Å². The fourth-order valence-corrected chi connectivity index (χ4v) is 2.45. The molecule has 76 valence electrons. The van der Waals surface area contributed by atoms with Crippen LogP contribution in [0.2, 0.25) is 0 Å². The van der Waals surface area contributed by atoms with Crippen LogP contribution in [-0.4, -0.2) is 11.6 Å². The second kappa shape index (κ2) is 3.68. The minimum Gasteiger partial charge on any atom is -0.300 e. The zero-order valence-electron chi connectivity index (χ0n) is 8.53. The fourth-order valence-electron chi connectivity index (χ4n) is 2.45. The third-order valence-electron chi connectivity index (χ3n) is 3.30. The van der Waals surface area contributed by atoms with Crippen LogP contribution >= 0.6 is 0 Å². The molecule has 2 rings (SSSR count). The van der Waals surface area contributed by atoms with Crippen molar-refractivity contribution >= 4 is 11.6 Å². The Kier molecular flexibility index (Phi) is 2.53. The first kappa shape index (κ1) is 9.63. The molecule has 0 aromatic rings. The molecular weight excluding hydrogens is 176 g/mol. The van der Waals surface area contributed by atoms with Gasteiger partial charge in [-0.25, -0.2) is 0 Å². The summed E-state index contributed by atoms with van der Waals surface area (Å²) in [6.45, 7) is 1.88. The highest BCUT2D eigenvalue weighted by molar-refractivity contribution is 5.88. The largest absolute Gasteiger partial charge is 0.300 e. The molecule has 2 aliphatic rings. The van der Waals surface area contributed by atoms with Crippen molar-refractivity contribution in [3.05, 3.63) is 12.2 Å². The van der Waals surface area contributed by atoms with E-state index in [9.17, 15) is 9.59 Å². The lowest BCUT2D eigenvalue weighted by Gasteiger charge is -2.10. The first-order valence-corrected chi connectivity index (χ1v) is 5.38. The number of allylic oxidation sites excluding steroid dienone is 2. The van der Waals surface area contributed by atoms with Gasteiger partial charge in [-0.3, -0.25) is 9.59 Å². The van der Waals surface area contributed by atoms with Crippen molar-refractivity contribution in [1.29, 1.82) is 0 Å². The van der Waals surface area contributed by atoms with Gasteiger partial charge in [-0.1, -0.05) is 19.1 Å². The van der Waals surface area contributed by atoms with Crippen molar-refractivity contribution < 1.29 is 9.59 Å². The SMILES string of the molecule is C[C@@H]1CC(=O)C[C@H]2C=C[C@@H](CC1=O)C2. The molecule has 0 aromatic heterocycles. The molecule has 1 fully saturated rings. The van der Waals surface area contributed by atoms with E-state index >= 15 is 0 Å². The normalized spacial score (nSPS) is 37.9. The second-order valence-electron chi connectivity index (χ2n) is 4.66. The van der Waals surface area contributed by atoms with Crippen LogP contribution in [0.1, 0.15) is 32.6 Å². The molecule has 0 heterocycles. The Bertz CT molecular complexity index is 287. The molecule has 0 aromatic carbocycles. The van der Waals surface area contributed by atoms with Crippen molar-refractivity contribution in [2.45, 2.75) is 32.6 Å². The molecule has 14 heavy (non-hydrogen) atoms. The van der Waals surface area contributed by atoms with Gasteiger partial charge in [0.25, 0.3) is 0 Å². The summed E-state index contributed by atoms with van der Waals surface area (Å²) >= 11 is 0. The maximum Gasteiger partial charge on any atom is 0.136 e. The molecule has 0 unspecified atom stereocenters. The molecule has 0 radical (unpaired) electrons. The van der Waals surface area contributed by atoms with Crippen LogP contribution in [0.25, 0.3) is 0 Å². The van der Waals surface area contributed by atoms with Crippen molar-refractivity contribution in [2.24, 2.45) is 17.8 Å². The van der Waals surface area contributed by atoms with Crippen LogP contribution in [0.15, 0.2) is 12.2 Å². The maximum absolute atomic E-state index is 11.7. The minimum absolute atomic E-state index is 0.0600. The zero-order chi connectivity index (χ0) is 10.1. The third kappa shape index (κ3) is 1.94. The van der Waals surface area contributed by atoms with Gasteiger partial charge in [0, 0.05) is 25.2 Å². The first-order valence-electron chi connectivity index (χ1n) is 5.38. The van der Waals surface area contributed by atoms with Gasteiger partial charge in [0.2, 0.25) is 0 Å². The van der Waals surface area contributed by atoms with Crippen molar-refractivity contribution in [3.8, 4) is 0 Å². The van der Waals surface area contributed by atoms with Crippen molar-refractivity contribution in [2.75, 3.05) is 0 Å². The molecule has 0 N–H and O–H groups in total. The molecule has 0 saturated heterocycles. The van der Waals surface area contributed by atoms with Gasteiger partial charge < -0.3 is 0 Å². The number of rotatable bonds is 0. The van der Waals surface area contributed by atoms with Gasteiger partial charge in [-0.05, 0) is 18.3 Å². The van der Waals surface area contributed by atoms with Gasteiger partial charge in [0.15, 0.2) is 0 Å². The molecule has 2 aliphatic carbocycles. The predicted molar refractivity (Wildman–Crippen MR) is 53.8 cm³/mol. The number of Topliss-reactive ketones (excluding diaryl/α,β-unsaturated/α-hetero) is 2. The summed E-state index contributed by atoms with van der Waals surface area (Å²) in [6.07, 6.45) is 6.98. The first-order chi connectivity index (χ1) is 6.65. The van der Waals surface area contributed by atoms with E-state index in [1.165, 1.54) is 0 Å². The summed E-state index contributed by atoms with van der Waals surface area (Å²) in [6, 6.07) is 0. The summed E-state index contributed by atoms with van der Waals surface area (Å²) < 4.78 is 0. The highest BCUT2D eigenvalue weighted by Gasteiger charge is 2.28. The van der Waals surface area contributed by atoms with Gasteiger partial charge in [-0.15, -0.1) is 0 Å². The van der Waals surface area contributed by atoms with Gasteiger partial charge >= 0.3 is 0 Å². The van der Waals surface area contributed by atoms with Crippen molar-refractivity contribution in [3.63, 3.8) is 0 Å². The molecule has 1 saturated carbocycles. The van der Waals surface area contributed by atoms with Gasteiger partial charge in [0.1, 0.15) is 11.6 Å². The van der Waals surface area contributed by atoms with E-state index in [0.29, 0.717) is 31.1 Å². The molecular formula is C12H16O2. The summed E-state index contributed by atoms with van der Waals surface area (Å²) in [7, 11) is 0. The zero-order valence-corrected chi connectivity index (χ0v) is 8.53. The second-order valence-corrected chi connectivity index (χ2v) is 4.66. The molecule has 2 heteroatoms. The quantitative estimate of drug-likeness (QED) is 0.551. The van der Waals surface area contributed by atoms with E-state index in [2.05, 4.69) is 12.2 Å². The molecule has 0 aliphatic heterocycles. The number of hydrogen-bond acceptors (Lipinski definition) is 2. The number of ketones is 2. The Hall–Kier alpha value is -0.920. The number of fused-ring (bicyclic) bond motifs is 2.